The van der Waals surface area contributed by atoms with Gasteiger partial charge in [-0.1, -0.05) is 36.4 Å². The minimum atomic E-state index is -0.445. The van der Waals surface area contributed by atoms with Gasteiger partial charge in [-0.25, -0.2) is 0 Å². The Bertz CT molecular complexity index is 1250. The Morgan fingerprint density at radius 3 is 2.76 bits per heavy atom. The standard InChI is InChI=1S/C27H27NO5/c1-2-31-26(30)15-21-6-3-4-9-25(21)33-17-18-12-22-10-11-32-27(22)23(13-18)19-7-5-8-20(14-19)24(28)16-29/h3-14,24,29H,2,15-17,28H2,1H3/t24-/m1/s1. The Hall–Kier alpha value is -3.61. The second-order valence-corrected chi connectivity index (χ2v) is 7.78. The van der Waals surface area contributed by atoms with Crippen molar-refractivity contribution in [3.63, 3.8) is 0 Å². The number of hydrogen-bond acceptors (Lipinski definition) is 6. The molecule has 0 saturated heterocycles. The number of furan rings is 1. The summed E-state index contributed by atoms with van der Waals surface area (Å²) in [7, 11) is 0. The van der Waals surface area contributed by atoms with Gasteiger partial charge in [0.25, 0.3) is 0 Å². The van der Waals surface area contributed by atoms with Crippen LogP contribution >= 0.6 is 0 Å². The van der Waals surface area contributed by atoms with E-state index in [4.69, 9.17) is 19.6 Å². The molecule has 0 bridgehead atoms. The van der Waals surface area contributed by atoms with Gasteiger partial charge in [-0.15, -0.1) is 0 Å². The minimum absolute atomic E-state index is 0.126. The zero-order valence-corrected chi connectivity index (χ0v) is 18.5. The van der Waals surface area contributed by atoms with Gasteiger partial charge >= 0.3 is 5.97 Å². The van der Waals surface area contributed by atoms with Crippen LogP contribution in [0.4, 0.5) is 0 Å². The van der Waals surface area contributed by atoms with E-state index in [-0.39, 0.29) is 19.0 Å². The summed E-state index contributed by atoms with van der Waals surface area (Å²) in [5.74, 6) is 0.368. The molecule has 6 nitrogen and oxygen atoms in total. The highest BCUT2D eigenvalue weighted by molar-refractivity contribution is 5.93. The number of fused-ring (bicyclic) bond motifs is 1. The lowest BCUT2D eigenvalue weighted by atomic mass is 9.97. The predicted molar refractivity (Wildman–Crippen MR) is 127 cm³/mol. The third-order valence-electron chi connectivity index (χ3n) is 5.44. The van der Waals surface area contributed by atoms with Gasteiger partial charge in [-0.3, -0.25) is 4.79 Å². The number of hydrogen-bond donors (Lipinski definition) is 2. The van der Waals surface area contributed by atoms with Crippen molar-refractivity contribution >= 4 is 16.9 Å². The van der Waals surface area contributed by atoms with E-state index in [9.17, 15) is 9.90 Å². The first-order valence-corrected chi connectivity index (χ1v) is 10.9. The number of carbonyl (C=O) groups excluding carboxylic acids is 1. The number of ether oxygens (including phenoxy) is 2. The zero-order valence-electron chi connectivity index (χ0n) is 18.5. The first kappa shape index (κ1) is 22.6. The van der Waals surface area contributed by atoms with Crippen LogP contribution in [-0.2, 0) is 22.6 Å². The van der Waals surface area contributed by atoms with Crippen LogP contribution in [0.15, 0.2) is 77.4 Å². The molecule has 0 fully saturated rings. The molecule has 33 heavy (non-hydrogen) atoms. The fraction of sp³-hybridized carbons (Fsp3) is 0.222. The maximum absolute atomic E-state index is 11.9. The summed E-state index contributed by atoms with van der Waals surface area (Å²) in [6.45, 7) is 2.33. The lowest BCUT2D eigenvalue weighted by molar-refractivity contribution is -0.142. The Morgan fingerprint density at radius 2 is 1.94 bits per heavy atom. The maximum Gasteiger partial charge on any atom is 0.310 e. The smallest absolute Gasteiger partial charge is 0.310 e. The molecule has 0 spiro atoms. The zero-order chi connectivity index (χ0) is 23.2. The quantitative estimate of drug-likeness (QED) is 0.360. The Morgan fingerprint density at radius 1 is 1.09 bits per heavy atom. The molecule has 0 saturated carbocycles. The van der Waals surface area contributed by atoms with E-state index in [1.807, 2.05) is 66.7 Å². The van der Waals surface area contributed by atoms with E-state index < -0.39 is 6.04 Å². The minimum Gasteiger partial charge on any atom is -0.489 e. The average Bonchev–Trinajstić information content (AvgIpc) is 3.31. The van der Waals surface area contributed by atoms with Gasteiger partial charge in [0.15, 0.2) is 0 Å². The molecule has 3 aromatic carbocycles. The van der Waals surface area contributed by atoms with Gasteiger partial charge in [0.2, 0.25) is 0 Å². The molecule has 0 unspecified atom stereocenters. The van der Waals surface area contributed by atoms with Crippen LogP contribution in [0.3, 0.4) is 0 Å². The summed E-state index contributed by atoms with van der Waals surface area (Å²) in [6, 6.07) is 20.8. The molecule has 0 amide bonds. The molecule has 4 aromatic rings. The van der Waals surface area contributed by atoms with Crippen molar-refractivity contribution in [3.05, 3.63) is 89.7 Å². The number of aliphatic hydroxyl groups is 1. The molecular weight excluding hydrogens is 418 g/mol. The van der Waals surface area contributed by atoms with Gasteiger partial charge in [0.1, 0.15) is 17.9 Å². The Labute approximate surface area is 192 Å². The number of rotatable bonds is 9. The first-order valence-electron chi connectivity index (χ1n) is 10.9. The largest absolute Gasteiger partial charge is 0.489 e. The van der Waals surface area contributed by atoms with Crippen LogP contribution in [0.2, 0.25) is 0 Å². The van der Waals surface area contributed by atoms with Crippen molar-refractivity contribution in [2.45, 2.75) is 26.0 Å². The van der Waals surface area contributed by atoms with Crippen molar-refractivity contribution in [1.82, 2.24) is 0 Å². The topological polar surface area (TPSA) is 94.9 Å². The molecule has 0 aliphatic heterocycles. The first-order chi connectivity index (χ1) is 16.1. The van der Waals surface area contributed by atoms with Crippen molar-refractivity contribution in [1.29, 1.82) is 0 Å². The van der Waals surface area contributed by atoms with Crippen molar-refractivity contribution in [2.75, 3.05) is 13.2 Å². The summed E-state index contributed by atoms with van der Waals surface area (Å²) >= 11 is 0. The highest BCUT2D eigenvalue weighted by Gasteiger charge is 2.14. The van der Waals surface area contributed by atoms with Crippen LogP contribution in [0.1, 0.15) is 29.7 Å². The molecule has 1 heterocycles. The molecule has 6 heteroatoms. The third kappa shape index (κ3) is 5.25. The molecular formula is C27H27NO5. The van der Waals surface area contributed by atoms with Gasteiger partial charge in [0.05, 0.1) is 31.9 Å². The summed E-state index contributed by atoms with van der Waals surface area (Å²) < 4.78 is 16.9. The Balaban J connectivity index is 1.62. The van der Waals surface area contributed by atoms with Crippen LogP contribution < -0.4 is 10.5 Å². The third-order valence-corrected chi connectivity index (χ3v) is 5.44. The van der Waals surface area contributed by atoms with Crippen molar-refractivity contribution < 1.29 is 23.8 Å². The van der Waals surface area contributed by atoms with E-state index in [2.05, 4.69) is 0 Å². The molecule has 0 radical (unpaired) electrons. The SMILES string of the molecule is CCOC(=O)Cc1ccccc1OCc1cc(-c2cccc([C@H](N)CO)c2)c2occc2c1. The number of esters is 1. The highest BCUT2D eigenvalue weighted by Crippen LogP contribution is 2.33. The van der Waals surface area contributed by atoms with Crippen LogP contribution in [0, 0.1) is 0 Å². The molecule has 4 rings (SSSR count). The molecule has 1 aromatic heterocycles. The summed E-state index contributed by atoms with van der Waals surface area (Å²) in [5.41, 5.74) is 11.3. The summed E-state index contributed by atoms with van der Waals surface area (Å²) in [6.07, 6.45) is 1.82. The summed E-state index contributed by atoms with van der Waals surface area (Å²) in [5, 5.41) is 10.4. The van der Waals surface area contributed by atoms with Crippen LogP contribution in [0.5, 0.6) is 5.75 Å². The number of carbonyl (C=O) groups is 1. The molecule has 0 aliphatic carbocycles. The monoisotopic (exact) mass is 445 g/mol. The van der Waals surface area contributed by atoms with Crippen molar-refractivity contribution in [3.8, 4) is 16.9 Å². The lowest BCUT2D eigenvalue weighted by Gasteiger charge is -2.14. The van der Waals surface area contributed by atoms with Crippen LogP contribution in [-0.4, -0.2) is 24.3 Å². The van der Waals surface area contributed by atoms with Gasteiger partial charge in [-0.05, 0) is 53.9 Å². The molecule has 170 valence electrons. The van der Waals surface area contributed by atoms with E-state index in [0.29, 0.717) is 19.0 Å². The molecule has 3 N–H and O–H groups in total. The van der Waals surface area contributed by atoms with E-state index in [1.54, 1.807) is 13.2 Å². The molecule has 0 aliphatic rings. The van der Waals surface area contributed by atoms with Crippen molar-refractivity contribution in [2.24, 2.45) is 5.73 Å². The second kappa shape index (κ2) is 10.3. The fourth-order valence-corrected chi connectivity index (χ4v) is 3.80. The average molecular weight is 446 g/mol. The van der Waals surface area contributed by atoms with E-state index in [1.165, 1.54) is 0 Å². The fourth-order valence-electron chi connectivity index (χ4n) is 3.80. The van der Waals surface area contributed by atoms with E-state index >= 15 is 0 Å². The number of aliphatic hydroxyl groups excluding tert-OH is 1. The highest BCUT2D eigenvalue weighted by atomic mass is 16.5. The lowest BCUT2D eigenvalue weighted by Crippen LogP contribution is -2.14. The number of nitrogens with two attached hydrogens (primary N) is 1. The summed E-state index contributed by atoms with van der Waals surface area (Å²) in [4.78, 5) is 11.9. The Kier molecular flexibility index (Phi) is 7.07. The second-order valence-electron chi connectivity index (χ2n) is 7.78. The normalized spacial score (nSPS) is 12.0. The number of para-hydroxylation sites is 1. The number of benzene rings is 3. The molecule has 1 atom stereocenters. The van der Waals surface area contributed by atoms with Gasteiger partial charge in [0, 0.05) is 16.5 Å². The van der Waals surface area contributed by atoms with Gasteiger partial charge < -0.3 is 24.7 Å². The maximum atomic E-state index is 11.9. The van der Waals surface area contributed by atoms with E-state index in [0.717, 1.165) is 38.8 Å². The van der Waals surface area contributed by atoms with Crippen LogP contribution in [0.25, 0.3) is 22.1 Å². The predicted octanol–water partition coefficient (Wildman–Crippen LogP) is 4.78. The van der Waals surface area contributed by atoms with Gasteiger partial charge in [-0.2, -0.15) is 0 Å².